The average molecular weight is 489 g/mol. The molecule has 11 heteroatoms. The Bertz CT molecular complexity index is 1070. The normalized spacial score (nSPS) is 12.4. The molecule has 0 radical (unpaired) electrons. The topological polar surface area (TPSA) is 52.8 Å². The van der Waals surface area contributed by atoms with Crippen molar-refractivity contribution in [2.45, 2.75) is 38.6 Å². The second-order valence-corrected chi connectivity index (χ2v) is 14.6. The van der Waals surface area contributed by atoms with Crippen LogP contribution in [0.2, 0.25) is 35.7 Å². The van der Waals surface area contributed by atoms with Crippen LogP contribution in [0.15, 0.2) is 36.8 Å². The summed E-state index contributed by atoms with van der Waals surface area (Å²) in [5.74, 6) is 0.0454. The molecule has 0 aliphatic carbocycles. The van der Waals surface area contributed by atoms with Crippen molar-refractivity contribution >= 4 is 31.3 Å². The third kappa shape index (κ3) is 6.28. The van der Waals surface area contributed by atoms with Gasteiger partial charge in [0.2, 0.25) is 0 Å². The molecule has 0 saturated carbocycles. The Hall–Kier alpha value is -1.94. The first-order valence-electron chi connectivity index (χ1n) is 9.44. The van der Waals surface area contributed by atoms with Gasteiger partial charge in [-0.25, -0.2) is 15.0 Å². The van der Waals surface area contributed by atoms with Gasteiger partial charge in [0.15, 0.2) is 11.5 Å². The van der Waals surface area contributed by atoms with Gasteiger partial charge < -0.3 is 9.30 Å². The first-order chi connectivity index (χ1) is 14.4. The summed E-state index contributed by atoms with van der Waals surface area (Å²) < 4.78 is 46.8. The van der Waals surface area contributed by atoms with Gasteiger partial charge in [-0.15, -0.1) is 0 Å². The molecule has 31 heavy (non-hydrogen) atoms. The van der Waals surface area contributed by atoms with E-state index in [0.29, 0.717) is 27.9 Å². The Morgan fingerprint density at radius 3 is 2.39 bits per heavy atom. The molecule has 2 aromatic heterocycles. The summed E-state index contributed by atoms with van der Waals surface area (Å²) in [6.07, 6.45) is -2.38. The molecule has 0 amide bonds. The molecule has 166 valence electrons. The number of nitrogens with zero attached hydrogens (tertiary/aromatic N) is 4. The van der Waals surface area contributed by atoms with Crippen molar-refractivity contribution in [1.82, 2.24) is 19.5 Å². The zero-order chi connectivity index (χ0) is 22.8. The maximum atomic E-state index is 13.3. The molecule has 0 N–H and O–H groups in total. The predicted octanol–water partition coefficient (Wildman–Crippen LogP) is 6.65. The molecule has 0 atom stereocenters. The van der Waals surface area contributed by atoms with Crippen LogP contribution in [0, 0.1) is 0 Å². The Kier molecular flexibility index (Phi) is 7.10. The van der Waals surface area contributed by atoms with Crippen molar-refractivity contribution in [2.24, 2.45) is 0 Å². The van der Waals surface area contributed by atoms with Gasteiger partial charge in [-0.1, -0.05) is 48.9 Å². The number of aromatic nitrogens is 4. The molecular weight excluding hydrogens is 468 g/mol. The SMILES string of the molecule is C[Si](C)(C)CCOCn1cc(C(F)(F)F)nc1-c1cc(-c2ccc(Cl)c(Cl)c2)ncn1. The second-order valence-electron chi connectivity index (χ2n) is 8.18. The van der Waals surface area contributed by atoms with Gasteiger partial charge >= 0.3 is 6.18 Å². The highest BCUT2D eigenvalue weighted by atomic mass is 35.5. The molecule has 0 aliphatic rings. The summed E-state index contributed by atoms with van der Waals surface area (Å²) in [7, 11) is -1.32. The minimum Gasteiger partial charge on any atom is -0.361 e. The second kappa shape index (κ2) is 9.28. The van der Waals surface area contributed by atoms with E-state index in [1.807, 2.05) is 0 Å². The van der Waals surface area contributed by atoms with E-state index in [4.69, 9.17) is 27.9 Å². The van der Waals surface area contributed by atoms with Gasteiger partial charge in [0.25, 0.3) is 0 Å². The van der Waals surface area contributed by atoms with Crippen LogP contribution < -0.4 is 0 Å². The maximum absolute atomic E-state index is 13.3. The van der Waals surface area contributed by atoms with E-state index in [1.54, 1.807) is 24.3 Å². The number of ether oxygens (including phenoxy) is 1. The zero-order valence-electron chi connectivity index (χ0n) is 17.2. The number of halogens is 5. The molecule has 0 unspecified atom stereocenters. The van der Waals surface area contributed by atoms with Crippen molar-refractivity contribution in [3.8, 4) is 22.8 Å². The minimum absolute atomic E-state index is 0.0454. The number of alkyl halides is 3. The van der Waals surface area contributed by atoms with Crippen molar-refractivity contribution in [3.63, 3.8) is 0 Å². The zero-order valence-corrected chi connectivity index (χ0v) is 19.7. The molecular formula is C20H21Cl2F3N4OSi. The van der Waals surface area contributed by atoms with Crippen LogP contribution in [0.5, 0.6) is 0 Å². The molecule has 3 aromatic rings. The summed E-state index contributed by atoms with van der Waals surface area (Å²) >= 11 is 12.0. The van der Waals surface area contributed by atoms with Gasteiger partial charge in [-0.2, -0.15) is 13.2 Å². The fourth-order valence-corrected chi connectivity index (χ4v) is 3.74. The van der Waals surface area contributed by atoms with Crippen LogP contribution in [-0.4, -0.2) is 34.2 Å². The largest absolute Gasteiger partial charge is 0.434 e. The molecule has 0 spiro atoms. The lowest BCUT2D eigenvalue weighted by molar-refractivity contribution is -0.141. The lowest BCUT2D eigenvalue weighted by atomic mass is 10.1. The van der Waals surface area contributed by atoms with Crippen LogP contribution in [0.1, 0.15) is 5.69 Å². The number of hydrogen-bond donors (Lipinski definition) is 0. The van der Waals surface area contributed by atoms with E-state index in [0.717, 1.165) is 12.2 Å². The molecule has 0 aliphatic heterocycles. The number of benzene rings is 1. The Balaban J connectivity index is 1.93. The smallest absolute Gasteiger partial charge is 0.361 e. The van der Waals surface area contributed by atoms with E-state index in [9.17, 15) is 13.2 Å². The van der Waals surface area contributed by atoms with Crippen LogP contribution in [-0.2, 0) is 17.6 Å². The van der Waals surface area contributed by atoms with Gasteiger partial charge in [0, 0.05) is 26.4 Å². The van der Waals surface area contributed by atoms with Crippen molar-refractivity contribution in [3.05, 3.63) is 52.5 Å². The Morgan fingerprint density at radius 2 is 1.74 bits per heavy atom. The summed E-state index contributed by atoms with van der Waals surface area (Å²) in [5.41, 5.74) is 0.358. The van der Waals surface area contributed by atoms with E-state index >= 15 is 0 Å². The molecule has 3 rings (SSSR count). The first-order valence-corrected chi connectivity index (χ1v) is 13.9. The lowest BCUT2D eigenvalue weighted by Gasteiger charge is -2.16. The van der Waals surface area contributed by atoms with E-state index < -0.39 is 19.9 Å². The van der Waals surface area contributed by atoms with Crippen LogP contribution in [0.4, 0.5) is 13.2 Å². The molecule has 5 nitrogen and oxygen atoms in total. The highest BCUT2D eigenvalue weighted by molar-refractivity contribution is 6.76. The van der Waals surface area contributed by atoms with Gasteiger partial charge in [-0.3, -0.25) is 0 Å². The van der Waals surface area contributed by atoms with Gasteiger partial charge in [-0.05, 0) is 24.2 Å². The highest BCUT2D eigenvalue weighted by Gasteiger charge is 2.35. The first kappa shape index (κ1) is 23.7. The summed E-state index contributed by atoms with van der Waals surface area (Å²) in [6, 6.07) is 7.42. The highest BCUT2D eigenvalue weighted by Crippen LogP contribution is 2.32. The summed E-state index contributed by atoms with van der Waals surface area (Å²) in [6.45, 7) is 7.01. The average Bonchev–Trinajstić information content (AvgIpc) is 3.11. The lowest BCUT2D eigenvalue weighted by Crippen LogP contribution is -2.22. The molecule has 0 fully saturated rings. The number of imidazole rings is 1. The van der Waals surface area contributed by atoms with Crippen LogP contribution in [0.25, 0.3) is 22.8 Å². The number of hydrogen-bond acceptors (Lipinski definition) is 4. The van der Waals surface area contributed by atoms with Crippen molar-refractivity contribution < 1.29 is 17.9 Å². The Morgan fingerprint density at radius 1 is 1.03 bits per heavy atom. The van der Waals surface area contributed by atoms with E-state index in [2.05, 4.69) is 34.6 Å². The van der Waals surface area contributed by atoms with Gasteiger partial charge in [0.1, 0.15) is 18.8 Å². The summed E-state index contributed by atoms with van der Waals surface area (Å²) in [4.78, 5) is 12.1. The number of rotatable bonds is 7. The predicted molar refractivity (Wildman–Crippen MR) is 118 cm³/mol. The fourth-order valence-electron chi connectivity index (χ4n) is 2.69. The maximum Gasteiger partial charge on any atom is 0.434 e. The van der Waals surface area contributed by atoms with Gasteiger partial charge in [0.05, 0.1) is 15.7 Å². The fraction of sp³-hybridized carbons (Fsp3) is 0.350. The molecule has 1 aromatic carbocycles. The molecule has 0 saturated heterocycles. The van der Waals surface area contributed by atoms with E-state index in [1.165, 1.54) is 10.9 Å². The van der Waals surface area contributed by atoms with Crippen LogP contribution >= 0.6 is 23.2 Å². The standard InChI is InChI=1S/C20H21Cl2F3N4OSi/c1-31(2,3)7-6-30-12-29-10-18(20(23,24)25)28-19(29)17-9-16(26-11-27-17)13-4-5-14(21)15(22)8-13/h4-5,8-11H,6-7,12H2,1-3H3. The Labute approximate surface area is 189 Å². The monoisotopic (exact) mass is 488 g/mol. The third-order valence-corrected chi connectivity index (χ3v) is 6.85. The third-order valence-electron chi connectivity index (χ3n) is 4.41. The van der Waals surface area contributed by atoms with Crippen molar-refractivity contribution in [2.75, 3.05) is 6.61 Å². The van der Waals surface area contributed by atoms with E-state index in [-0.39, 0.29) is 18.2 Å². The van der Waals surface area contributed by atoms with Crippen LogP contribution in [0.3, 0.4) is 0 Å². The quantitative estimate of drug-likeness (QED) is 0.276. The van der Waals surface area contributed by atoms with Crippen molar-refractivity contribution in [1.29, 1.82) is 0 Å². The molecule has 2 heterocycles. The summed E-state index contributed by atoms with van der Waals surface area (Å²) in [5, 5.41) is 0.733. The molecule has 0 bridgehead atoms. The minimum atomic E-state index is -4.59.